The molecule has 6 nitrogen and oxygen atoms in total. The van der Waals surface area contributed by atoms with Crippen LogP contribution in [-0.2, 0) is 11.2 Å². The third-order valence-electron chi connectivity index (χ3n) is 5.33. The largest absolute Gasteiger partial charge is 0.477 e. The number of carboxylic acid groups (broad SMARTS) is 1. The number of hydrogen-bond donors (Lipinski definition) is 1. The molecule has 7 heteroatoms. The molecule has 2 aromatic rings. The Hall–Kier alpha value is -2.83. The van der Waals surface area contributed by atoms with Gasteiger partial charge >= 0.3 is 5.97 Å². The fourth-order valence-corrected chi connectivity index (χ4v) is 3.80. The maximum absolute atomic E-state index is 13.4. The van der Waals surface area contributed by atoms with Crippen LogP contribution in [0.1, 0.15) is 37.8 Å². The molecule has 0 spiro atoms. The summed E-state index contributed by atoms with van der Waals surface area (Å²) in [4.78, 5) is 26.9. The van der Waals surface area contributed by atoms with E-state index >= 15 is 0 Å². The molecule has 1 aliphatic carbocycles. The average Bonchev–Trinajstić information content (AvgIpc) is 3.11. The molecule has 4 rings (SSSR count). The summed E-state index contributed by atoms with van der Waals surface area (Å²) in [6.07, 6.45) is 5.98. The Bertz CT molecular complexity index is 905. The van der Waals surface area contributed by atoms with Crippen molar-refractivity contribution in [2.45, 2.75) is 44.6 Å². The smallest absolute Gasteiger partial charge is 0.350 e. The number of aromatic nitrogens is 2. The highest BCUT2D eigenvalue weighted by atomic mass is 19.1. The molecule has 140 valence electrons. The Morgan fingerprint density at radius 1 is 1.15 bits per heavy atom. The van der Waals surface area contributed by atoms with Crippen molar-refractivity contribution in [2.75, 3.05) is 11.9 Å². The number of halogens is 1. The molecule has 1 N–H and O–H groups in total. The summed E-state index contributed by atoms with van der Waals surface area (Å²) in [6.45, 7) is 0. The number of aliphatic imine (C=N–C) groups is 1. The summed E-state index contributed by atoms with van der Waals surface area (Å²) in [5.74, 6) is -0.330. The van der Waals surface area contributed by atoms with E-state index in [1.54, 1.807) is 12.1 Å². The first-order chi connectivity index (χ1) is 13.0. The fraction of sp³-hybridized carbons (Fsp3) is 0.400. The predicted octanol–water partition coefficient (Wildman–Crippen LogP) is 3.76. The summed E-state index contributed by atoms with van der Waals surface area (Å²) in [7, 11) is 2.01. The van der Waals surface area contributed by atoms with Gasteiger partial charge < -0.3 is 10.0 Å². The second kappa shape index (κ2) is 7.06. The first-order valence-electron chi connectivity index (χ1n) is 9.23. The molecule has 0 radical (unpaired) electrons. The van der Waals surface area contributed by atoms with Gasteiger partial charge in [0, 0.05) is 25.1 Å². The number of fused-ring (bicyclic) bond motifs is 1. The van der Waals surface area contributed by atoms with Gasteiger partial charge in [-0.3, -0.25) is 0 Å². The number of carboxylic acids is 1. The molecule has 1 fully saturated rings. The second-order valence-electron chi connectivity index (χ2n) is 7.12. The van der Waals surface area contributed by atoms with Crippen LogP contribution in [0.25, 0.3) is 11.3 Å². The standard InChI is InChI=1S/C20H21FN4O2/c1-25(14-5-3-2-4-6-14)19-17(12-7-9-13(21)10-8-12)24-18-15(23-19)11-16(22-18)20(26)27/h7-10,14H,2-6,11H2,1H3,(H,26,27). The van der Waals surface area contributed by atoms with Crippen LogP contribution in [0.2, 0.25) is 0 Å². The number of aliphatic carboxylic acids is 1. The Balaban J connectivity index is 1.79. The van der Waals surface area contributed by atoms with Crippen LogP contribution in [0.3, 0.4) is 0 Å². The number of nitrogens with zero attached hydrogens (tertiary/aromatic N) is 4. The fourth-order valence-electron chi connectivity index (χ4n) is 3.80. The van der Waals surface area contributed by atoms with Crippen molar-refractivity contribution in [3.8, 4) is 11.3 Å². The van der Waals surface area contributed by atoms with E-state index in [4.69, 9.17) is 4.98 Å². The van der Waals surface area contributed by atoms with E-state index in [1.807, 2.05) is 7.05 Å². The van der Waals surface area contributed by atoms with E-state index in [2.05, 4.69) is 14.9 Å². The highest BCUT2D eigenvalue weighted by Gasteiger charge is 2.28. The van der Waals surface area contributed by atoms with Crippen molar-refractivity contribution in [3.05, 3.63) is 35.8 Å². The number of benzene rings is 1. The van der Waals surface area contributed by atoms with E-state index < -0.39 is 5.97 Å². The van der Waals surface area contributed by atoms with Gasteiger partial charge in [-0.05, 0) is 37.1 Å². The molecule has 1 aromatic heterocycles. The molecule has 1 aliphatic heterocycles. The van der Waals surface area contributed by atoms with Gasteiger partial charge in [0.05, 0.1) is 5.69 Å². The molecule has 0 unspecified atom stereocenters. The Morgan fingerprint density at radius 2 is 1.85 bits per heavy atom. The minimum atomic E-state index is -1.06. The van der Waals surface area contributed by atoms with Crippen LogP contribution in [0.5, 0.6) is 0 Å². The first-order valence-corrected chi connectivity index (χ1v) is 9.23. The molecule has 1 aromatic carbocycles. The van der Waals surface area contributed by atoms with E-state index in [-0.39, 0.29) is 17.9 Å². The van der Waals surface area contributed by atoms with Gasteiger partial charge in [0.15, 0.2) is 11.6 Å². The summed E-state index contributed by atoms with van der Waals surface area (Å²) in [5, 5.41) is 9.25. The van der Waals surface area contributed by atoms with Crippen molar-refractivity contribution in [2.24, 2.45) is 4.99 Å². The summed E-state index contributed by atoms with van der Waals surface area (Å²) in [5.41, 5.74) is 1.98. The zero-order chi connectivity index (χ0) is 19.0. The first kappa shape index (κ1) is 17.6. The van der Waals surface area contributed by atoms with Gasteiger partial charge in [0.1, 0.15) is 17.2 Å². The molecule has 2 aliphatic rings. The third-order valence-corrected chi connectivity index (χ3v) is 5.33. The van der Waals surface area contributed by atoms with Crippen LogP contribution < -0.4 is 4.90 Å². The average molecular weight is 368 g/mol. The Morgan fingerprint density at radius 3 is 2.52 bits per heavy atom. The molecular weight excluding hydrogens is 347 g/mol. The van der Waals surface area contributed by atoms with E-state index in [9.17, 15) is 14.3 Å². The van der Waals surface area contributed by atoms with Crippen molar-refractivity contribution in [1.29, 1.82) is 0 Å². The van der Waals surface area contributed by atoms with Gasteiger partial charge in [-0.2, -0.15) is 0 Å². The highest BCUT2D eigenvalue weighted by molar-refractivity contribution is 6.37. The number of anilines is 1. The minimum absolute atomic E-state index is 0.0486. The molecule has 0 saturated heterocycles. The van der Waals surface area contributed by atoms with Gasteiger partial charge in [0.2, 0.25) is 0 Å². The molecule has 2 heterocycles. The van der Waals surface area contributed by atoms with Crippen molar-refractivity contribution < 1.29 is 14.3 Å². The summed E-state index contributed by atoms with van der Waals surface area (Å²) in [6, 6.07) is 6.48. The van der Waals surface area contributed by atoms with Gasteiger partial charge in [-0.25, -0.2) is 24.1 Å². The number of rotatable bonds is 4. The van der Waals surface area contributed by atoms with Gasteiger partial charge in [-0.15, -0.1) is 0 Å². The van der Waals surface area contributed by atoms with Gasteiger partial charge in [0.25, 0.3) is 0 Å². The van der Waals surface area contributed by atoms with Crippen LogP contribution in [0, 0.1) is 5.82 Å². The Labute approximate surface area is 156 Å². The topological polar surface area (TPSA) is 78.7 Å². The van der Waals surface area contributed by atoms with Crippen molar-refractivity contribution >= 4 is 23.3 Å². The van der Waals surface area contributed by atoms with E-state index in [0.29, 0.717) is 29.1 Å². The summed E-state index contributed by atoms with van der Waals surface area (Å²) >= 11 is 0. The van der Waals surface area contributed by atoms with Gasteiger partial charge in [-0.1, -0.05) is 19.3 Å². The molecule has 0 bridgehead atoms. The Kier molecular flexibility index (Phi) is 4.59. The van der Waals surface area contributed by atoms with E-state index in [0.717, 1.165) is 18.4 Å². The highest BCUT2D eigenvalue weighted by Crippen LogP contribution is 2.36. The SMILES string of the molecule is CN(c1nc2c(nc1-c1ccc(F)cc1)N=C(C(=O)O)C2)C1CCCCC1. The predicted molar refractivity (Wildman–Crippen MR) is 101 cm³/mol. The van der Waals surface area contributed by atoms with Crippen molar-refractivity contribution in [3.63, 3.8) is 0 Å². The zero-order valence-electron chi connectivity index (χ0n) is 15.2. The van der Waals surface area contributed by atoms with Crippen LogP contribution in [0.15, 0.2) is 29.3 Å². The third kappa shape index (κ3) is 3.41. The van der Waals surface area contributed by atoms with E-state index in [1.165, 1.54) is 31.4 Å². The van der Waals surface area contributed by atoms with Crippen LogP contribution >= 0.6 is 0 Å². The molecule has 0 amide bonds. The second-order valence-corrected chi connectivity index (χ2v) is 7.12. The minimum Gasteiger partial charge on any atom is -0.477 e. The van der Waals surface area contributed by atoms with Crippen LogP contribution in [-0.4, -0.2) is 39.8 Å². The lowest BCUT2D eigenvalue weighted by molar-refractivity contribution is -0.129. The van der Waals surface area contributed by atoms with Crippen LogP contribution in [0.4, 0.5) is 16.0 Å². The maximum Gasteiger partial charge on any atom is 0.350 e. The number of hydrogen-bond acceptors (Lipinski definition) is 5. The normalized spacial score (nSPS) is 16.7. The molecule has 1 saturated carbocycles. The molecular formula is C20H21FN4O2. The summed E-state index contributed by atoms with van der Waals surface area (Å²) < 4.78 is 13.4. The monoisotopic (exact) mass is 368 g/mol. The lowest BCUT2D eigenvalue weighted by atomic mass is 9.94. The lowest BCUT2D eigenvalue weighted by Gasteiger charge is -2.33. The maximum atomic E-state index is 13.4. The molecule has 27 heavy (non-hydrogen) atoms. The molecule has 0 atom stereocenters. The van der Waals surface area contributed by atoms with Crippen molar-refractivity contribution in [1.82, 2.24) is 9.97 Å². The lowest BCUT2D eigenvalue weighted by Crippen LogP contribution is -2.34. The quantitative estimate of drug-likeness (QED) is 0.889. The zero-order valence-corrected chi connectivity index (χ0v) is 15.2. The number of carbonyl (C=O) groups is 1.